The summed E-state index contributed by atoms with van der Waals surface area (Å²) in [5.41, 5.74) is 1.01. The molecule has 2 N–H and O–H groups in total. The lowest BCUT2D eigenvalue weighted by Gasteiger charge is -2.07. The number of benzene rings is 1. The quantitative estimate of drug-likeness (QED) is 0.463. The van der Waals surface area contributed by atoms with E-state index in [0.29, 0.717) is 0 Å². The number of aryl methyl sites for hydroxylation is 1. The summed E-state index contributed by atoms with van der Waals surface area (Å²) in [7, 11) is 0. The van der Waals surface area contributed by atoms with Gasteiger partial charge in [-0.25, -0.2) is 0 Å². The minimum absolute atomic E-state index is 0. The molecule has 0 saturated carbocycles. The maximum Gasteiger partial charge on any atom is 0.269 e. The van der Waals surface area contributed by atoms with Crippen LogP contribution in [0.2, 0.25) is 0 Å². The zero-order valence-electron chi connectivity index (χ0n) is 11.7. The zero-order valence-corrected chi connectivity index (χ0v) is 13.3. The van der Waals surface area contributed by atoms with Gasteiger partial charge in [0.25, 0.3) is 5.69 Å². The number of anilines is 1. The van der Waals surface area contributed by atoms with Crippen molar-refractivity contribution in [3.8, 4) is 0 Å². The third kappa shape index (κ3) is 5.71. The second-order valence-electron chi connectivity index (χ2n) is 4.42. The summed E-state index contributed by atoms with van der Waals surface area (Å²) >= 11 is 1.80. The van der Waals surface area contributed by atoms with E-state index >= 15 is 0 Å². The number of rotatable bonds is 7. The lowest BCUT2D eigenvalue weighted by molar-refractivity contribution is -0.384. The van der Waals surface area contributed by atoms with E-state index in [1.165, 1.54) is 21.9 Å². The number of thiophene rings is 1. The molecule has 0 atom stereocenters. The SMILES string of the molecule is Cc1ccc(CNCCNc2ccc([N+](=O)[O-])cc2)s1.Cl. The molecule has 21 heavy (non-hydrogen) atoms. The van der Waals surface area contributed by atoms with Gasteiger partial charge in [-0.2, -0.15) is 0 Å². The van der Waals surface area contributed by atoms with Crippen molar-refractivity contribution < 1.29 is 4.92 Å². The van der Waals surface area contributed by atoms with Crippen LogP contribution in [0.15, 0.2) is 36.4 Å². The standard InChI is InChI=1S/C14H17N3O2S.ClH/c1-11-2-7-14(20-11)10-15-8-9-16-12-3-5-13(6-4-12)17(18)19;/h2-7,15-16H,8-10H2,1H3;1H. The number of nitro benzene ring substituents is 1. The van der Waals surface area contributed by atoms with Crippen molar-refractivity contribution in [2.45, 2.75) is 13.5 Å². The van der Waals surface area contributed by atoms with Gasteiger partial charge in [0.1, 0.15) is 0 Å². The Hall–Kier alpha value is -1.63. The van der Waals surface area contributed by atoms with Gasteiger partial charge >= 0.3 is 0 Å². The first-order valence-corrected chi connectivity index (χ1v) is 7.21. The van der Waals surface area contributed by atoms with Crippen LogP contribution < -0.4 is 10.6 Å². The van der Waals surface area contributed by atoms with E-state index in [0.717, 1.165) is 25.3 Å². The third-order valence-corrected chi connectivity index (χ3v) is 3.80. The van der Waals surface area contributed by atoms with Gasteiger partial charge in [0.15, 0.2) is 0 Å². The normalized spacial score (nSPS) is 9.95. The molecule has 2 aromatic rings. The van der Waals surface area contributed by atoms with Crippen molar-refractivity contribution in [2.24, 2.45) is 0 Å². The maximum atomic E-state index is 10.5. The highest BCUT2D eigenvalue weighted by Crippen LogP contribution is 2.15. The molecule has 1 aromatic carbocycles. The van der Waals surface area contributed by atoms with Gasteiger partial charge in [-0.15, -0.1) is 23.7 Å². The smallest absolute Gasteiger partial charge is 0.269 e. The Bertz CT molecular complexity index is 572. The summed E-state index contributed by atoms with van der Waals surface area (Å²) in [4.78, 5) is 12.8. The van der Waals surface area contributed by atoms with Gasteiger partial charge in [-0.3, -0.25) is 10.1 Å². The van der Waals surface area contributed by atoms with Crippen LogP contribution in [0.3, 0.4) is 0 Å². The van der Waals surface area contributed by atoms with Crippen molar-refractivity contribution in [1.29, 1.82) is 0 Å². The van der Waals surface area contributed by atoms with Crippen LogP contribution in [0, 0.1) is 17.0 Å². The van der Waals surface area contributed by atoms with Crippen LogP contribution in [0.1, 0.15) is 9.75 Å². The average molecular weight is 328 g/mol. The number of hydrogen-bond donors (Lipinski definition) is 2. The van der Waals surface area contributed by atoms with Gasteiger partial charge in [0.2, 0.25) is 0 Å². The van der Waals surface area contributed by atoms with E-state index in [9.17, 15) is 10.1 Å². The fraction of sp³-hybridized carbons (Fsp3) is 0.286. The van der Waals surface area contributed by atoms with Crippen molar-refractivity contribution in [3.63, 3.8) is 0 Å². The largest absolute Gasteiger partial charge is 0.384 e. The lowest BCUT2D eigenvalue weighted by Crippen LogP contribution is -2.21. The molecular weight excluding hydrogens is 310 g/mol. The summed E-state index contributed by atoms with van der Waals surface area (Å²) in [6, 6.07) is 10.7. The Morgan fingerprint density at radius 3 is 2.43 bits per heavy atom. The topological polar surface area (TPSA) is 67.2 Å². The van der Waals surface area contributed by atoms with E-state index in [-0.39, 0.29) is 18.1 Å². The number of non-ortho nitro benzene ring substituents is 1. The van der Waals surface area contributed by atoms with Gasteiger partial charge < -0.3 is 10.6 Å². The average Bonchev–Trinajstić information content (AvgIpc) is 2.84. The second-order valence-corrected chi connectivity index (χ2v) is 5.79. The molecule has 7 heteroatoms. The van der Waals surface area contributed by atoms with Gasteiger partial charge in [-0.1, -0.05) is 0 Å². The first kappa shape index (κ1) is 17.4. The number of nitro groups is 1. The number of hydrogen-bond acceptors (Lipinski definition) is 5. The predicted molar refractivity (Wildman–Crippen MR) is 89.6 cm³/mol. The fourth-order valence-corrected chi connectivity index (χ4v) is 2.65. The van der Waals surface area contributed by atoms with Crippen LogP contribution in [0.25, 0.3) is 0 Å². The molecule has 0 unspecified atom stereocenters. The highest BCUT2D eigenvalue weighted by molar-refractivity contribution is 7.11. The van der Waals surface area contributed by atoms with Crippen LogP contribution in [-0.4, -0.2) is 18.0 Å². The molecular formula is C14H18ClN3O2S. The van der Waals surface area contributed by atoms with Crippen molar-refractivity contribution in [3.05, 3.63) is 56.3 Å². The molecule has 0 aliphatic rings. The molecule has 0 amide bonds. The second kappa shape index (κ2) is 8.61. The van der Waals surface area contributed by atoms with E-state index in [2.05, 4.69) is 29.7 Å². The van der Waals surface area contributed by atoms with Gasteiger partial charge in [-0.05, 0) is 31.2 Å². The Balaban J connectivity index is 0.00000220. The van der Waals surface area contributed by atoms with Crippen molar-refractivity contribution >= 4 is 35.1 Å². The Kier molecular flexibility index (Phi) is 7.14. The van der Waals surface area contributed by atoms with E-state index in [4.69, 9.17) is 0 Å². The Morgan fingerprint density at radius 2 is 1.86 bits per heavy atom. The summed E-state index contributed by atoms with van der Waals surface area (Å²) in [5, 5.41) is 17.1. The highest BCUT2D eigenvalue weighted by atomic mass is 35.5. The van der Waals surface area contributed by atoms with Crippen molar-refractivity contribution in [1.82, 2.24) is 5.32 Å². The lowest BCUT2D eigenvalue weighted by atomic mass is 10.3. The van der Waals surface area contributed by atoms with Crippen LogP contribution >= 0.6 is 23.7 Å². The zero-order chi connectivity index (χ0) is 14.4. The number of nitrogens with zero attached hydrogens (tertiary/aromatic N) is 1. The van der Waals surface area contributed by atoms with Gasteiger partial charge in [0.05, 0.1) is 4.92 Å². The summed E-state index contributed by atoms with van der Waals surface area (Å²) < 4.78 is 0. The molecule has 2 rings (SSSR count). The number of halogens is 1. The molecule has 5 nitrogen and oxygen atoms in total. The van der Waals surface area contributed by atoms with Crippen LogP contribution in [0.5, 0.6) is 0 Å². The highest BCUT2D eigenvalue weighted by Gasteiger charge is 2.03. The minimum atomic E-state index is -0.394. The maximum absolute atomic E-state index is 10.5. The molecule has 0 radical (unpaired) electrons. The number of nitrogens with one attached hydrogen (secondary N) is 2. The summed E-state index contributed by atoms with van der Waals surface area (Å²) in [6.07, 6.45) is 0. The monoisotopic (exact) mass is 327 g/mol. The molecule has 0 spiro atoms. The molecule has 0 fully saturated rings. The Labute approximate surface area is 133 Å². The van der Waals surface area contributed by atoms with Crippen LogP contribution in [0.4, 0.5) is 11.4 Å². The molecule has 1 aromatic heterocycles. The minimum Gasteiger partial charge on any atom is -0.384 e. The first-order chi connectivity index (χ1) is 9.65. The molecule has 0 bridgehead atoms. The Morgan fingerprint density at radius 1 is 1.14 bits per heavy atom. The molecule has 1 heterocycles. The van der Waals surface area contributed by atoms with Crippen molar-refractivity contribution in [2.75, 3.05) is 18.4 Å². The summed E-state index contributed by atoms with van der Waals surface area (Å²) in [5.74, 6) is 0. The third-order valence-electron chi connectivity index (χ3n) is 2.80. The van der Waals surface area contributed by atoms with Gasteiger partial charge in [0, 0.05) is 47.2 Å². The molecule has 0 aliphatic carbocycles. The van der Waals surface area contributed by atoms with E-state index in [1.54, 1.807) is 23.5 Å². The summed E-state index contributed by atoms with van der Waals surface area (Å²) in [6.45, 7) is 4.60. The molecule has 0 saturated heterocycles. The fourth-order valence-electron chi connectivity index (χ4n) is 1.79. The predicted octanol–water partition coefficient (Wildman–Crippen LogP) is 3.59. The van der Waals surface area contributed by atoms with E-state index < -0.39 is 4.92 Å². The molecule has 114 valence electrons. The molecule has 0 aliphatic heterocycles. The van der Waals surface area contributed by atoms with E-state index in [1.807, 2.05) is 0 Å². The van der Waals surface area contributed by atoms with Crippen LogP contribution in [-0.2, 0) is 6.54 Å². The first-order valence-electron chi connectivity index (χ1n) is 6.39.